The minimum Gasteiger partial charge on any atom is -0.469 e. The first-order valence-electron chi connectivity index (χ1n) is 6.44. The van der Waals surface area contributed by atoms with Gasteiger partial charge in [0.15, 0.2) is 0 Å². The number of nitrogens with zero attached hydrogens (tertiary/aromatic N) is 1. The fraction of sp³-hybridized carbons (Fsp3) is 0.846. The molecule has 1 amide bonds. The third kappa shape index (κ3) is 4.02. The first kappa shape index (κ1) is 14.0. The lowest BCUT2D eigenvalue weighted by atomic mass is 9.97. The van der Waals surface area contributed by atoms with Crippen LogP contribution in [0, 0.1) is 0 Å². The number of hydrogen-bond acceptors (Lipinski definition) is 3. The van der Waals surface area contributed by atoms with E-state index >= 15 is 0 Å². The van der Waals surface area contributed by atoms with Crippen molar-refractivity contribution < 1.29 is 14.3 Å². The van der Waals surface area contributed by atoms with E-state index in [1.54, 1.807) is 0 Å². The number of esters is 1. The molecule has 0 aromatic heterocycles. The molecule has 17 heavy (non-hydrogen) atoms. The minimum atomic E-state index is -0.238. The van der Waals surface area contributed by atoms with Crippen LogP contribution in [-0.4, -0.2) is 36.0 Å². The molecule has 0 bridgehead atoms. The lowest BCUT2D eigenvalue weighted by Gasteiger charge is -2.39. The molecule has 0 aliphatic carbocycles. The normalized spacial score (nSPS) is 24.5. The molecule has 4 nitrogen and oxygen atoms in total. The van der Waals surface area contributed by atoms with Gasteiger partial charge in [0.25, 0.3) is 0 Å². The maximum atomic E-state index is 12.1. The average Bonchev–Trinajstić information content (AvgIpc) is 2.28. The van der Waals surface area contributed by atoms with Gasteiger partial charge in [-0.3, -0.25) is 9.59 Å². The van der Waals surface area contributed by atoms with Crippen molar-refractivity contribution in [2.24, 2.45) is 0 Å². The summed E-state index contributed by atoms with van der Waals surface area (Å²) in [4.78, 5) is 25.0. The molecule has 0 unspecified atom stereocenters. The Morgan fingerprint density at radius 2 is 1.76 bits per heavy atom. The van der Waals surface area contributed by atoms with E-state index in [1.165, 1.54) is 13.5 Å². The lowest BCUT2D eigenvalue weighted by molar-refractivity contribution is -0.141. The number of amides is 1. The molecule has 98 valence electrons. The Labute approximate surface area is 103 Å². The first-order chi connectivity index (χ1) is 8.06. The van der Waals surface area contributed by atoms with Crippen molar-refractivity contribution in [1.29, 1.82) is 0 Å². The number of carbonyl (C=O) groups is 2. The van der Waals surface area contributed by atoms with Crippen molar-refractivity contribution in [1.82, 2.24) is 4.90 Å². The molecular formula is C13H23NO3. The van der Waals surface area contributed by atoms with Gasteiger partial charge < -0.3 is 9.64 Å². The fourth-order valence-corrected chi connectivity index (χ4v) is 2.53. The van der Waals surface area contributed by atoms with Crippen LogP contribution in [0.5, 0.6) is 0 Å². The van der Waals surface area contributed by atoms with Gasteiger partial charge in [0.05, 0.1) is 7.11 Å². The zero-order chi connectivity index (χ0) is 12.8. The zero-order valence-electron chi connectivity index (χ0n) is 11.1. The van der Waals surface area contributed by atoms with Gasteiger partial charge in [0.1, 0.15) is 0 Å². The van der Waals surface area contributed by atoms with Crippen LogP contribution < -0.4 is 0 Å². The van der Waals surface area contributed by atoms with E-state index in [2.05, 4.69) is 18.6 Å². The first-order valence-corrected chi connectivity index (χ1v) is 6.44. The molecule has 0 N–H and O–H groups in total. The highest BCUT2D eigenvalue weighted by Crippen LogP contribution is 2.23. The van der Waals surface area contributed by atoms with Crippen molar-refractivity contribution in [3.8, 4) is 0 Å². The molecule has 0 saturated carbocycles. The van der Waals surface area contributed by atoms with Gasteiger partial charge >= 0.3 is 5.97 Å². The van der Waals surface area contributed by atoms with Gasteiger partial charge in [-0.1, -0.05) is 0 Å². The molecule has 0 radical (unpaired) electrons. The molecule has 4 heteroatoms. The number of carbonyl (C=O) groups excluding carboxylic acids is 2. The summed E-state index contributed by atoms with van der Waals surface area (Å²) in [5, 5.41) is 0. The van der Waals surface area contributed by atoms with Gasteiger partial charge in [-0.05, 0) is 39.5 Å². The molecule has 1 rings (SSSR count). The quantitative estimate of drug-likeness (QED) is 0.708. The summed E-state index contributed by atoms with van der Waals surface area (Å²) >= 11 is 0. The van der Waals surface area contributed by atoms with E-state index in [9.17, 15) is 9.59 Å². The van der Waals surface area contributed by atoms with Crippen LogP contribution >= 0.6 is 0 Å². The van der Waals surface area contributed by atoms with Crippen molar-refractivity contribution in [3.63, 3.8) is 0 Å². The summed E-state index contributed by atoms with van der Waals surface area (Å²) in [7, 11) is 1.37. The van der Waals surface area contributed by atoms with Crippen LogP contribution in [-0.2, 0) is 14.3 Å². The monoisotopic (exact) mass is 241 g/mol. The maximum absolute atomic E-state index is 12.1. The Bertz CT molecular complexity index is 268. The van der Waals surface area contributed by atoms with Crippen LogP contribution in [0.4, 0.5) is 0 Å². The number of hydrogen-bond donors (Lipinski definition) is 0. The van der Waals surface area contributed by atoms with Gasteiger partial charge in [-0.25, -0.2) is 0 Å². The van der Waals surface area contributed by atoms with Gasteiger partial charge in [0, 0.05) is 24.9 Å². The number of ether oxygens (including phenoxy) is 1. The Balaban J connectivity index is 2.37. The Hall–Kier alpha value is -1.06. The van der Waals surface area contributed by atoms with Gasteiger partial charge in [-0.15, -0.1) is 0 Å². The van der Waals surface area contributed by atoms with Crippen LogP contribution in [0.3, 0.4) is 0 Å². The summed E-state index contributed by atoms with van der Waals surface area (Å²) in [5.41, 5.74) is 0. The second kappa shape index (κ2) is 6.62. The molecular weight excluding hydrogens is 218 g/mol. The van der Waals surface area contributed by atoms with E-state index in [1.807, 2.05) is 4.90 Å². The molecule has 1 aliphatic heterocycles. The standard InChI is InChI=1S/C13H23NO3/c1-10-6-4-7-11(2)14(10)12(15)8-5-9-13(16)17-3/h10-11H,4-9H2,1-3H3/t10-,11+. The maximum Gasteiger partial charge on any atom is 0.305 e. The minimum absolute atomic E-state index is 0.175. The highest BCUT2D eigenvalue weighted by atomic mass is 16.5. The van der Waals surface area contributed by atoms with Crippen LogP contribution in [0.1, 0.15) is 52.4 Å². The number of piperidine rings is 1. The molecule has 1 heterocycles. The predicted molar refractivity (Wildman–Crippen MR) is 65.5 cm³/mol. The SMILES string of the molecule is COC(=O)CCCC(=O)N1[C@H](C)CCC[C@@H]1C. The van der Waals surface area contributed by atoms with Crippen LogP contribution in [0.2, 0.25) is 0 Å². The molecule has 1 aliphatic rings. The highest BCUT2D eigenvalue weighted by molar-refractivity contribution is 5.77. The second-order valence-corrected chi connectivity index (χ2v) is 4.86. The van der Waals surface area contributed by atoms with Gasteiger partial charge in [-0.2, -0.15) is 0 Å². The van der Waals surface area contributed by atoms with Crippen LogP contribution in [0.25, 0.3) is 0 Å². The van der Waals surface area contributed by atoms with E-state index in [4.69, 9.17) is 0 Å². The van der Waals surface area contributed by atoms with Crippen molar-refractivity contribution in [3.05, 3.63) is 0 Å². The summed E-state index contributed by atoms with van der Waals surface area (Å²) in [6.45, 7) is 4.21. The Morgan fingerprint density at radius 3 is 2.29 bits per heavy atom. The molecule has 1 saturated heterocycles. The van der Waals surface area contributed by atoms with Crippen molar-refractivity contribution in [2.45, 2.75) is 64.5 Å². The third-order valence-corrected chi connectivity index (χ3v) is 3.48. The Morgan fingerprint density at radius 1 is 1.18 bits per heavy atom. The predicted octanol–water partition coefficient (Wildman–Crippen LogP) is 2.12. The average molecular weight is 241 g/mol. The molecule has 0 aromatic carbocycles. The summed E-state index contributed by atoms with van der Waals surface area (Å²) in [6.07, 6.45) is 4.75. The van der Waals surface area contributed by atoms with E-state index in [0.717, 1.165) is 12.8 Å². The molecule has 0 aromatic rings. The number of rotatable bonds is 4. The number of likely N-dealkylation sites (tertiary alicyclic amines) is 1. The fourth-order valence-electron chi connectivity index (χ4n) is 2.53. The zero-order valence-corrected chi connectivity index (χ0v) is 11.1. The van der Waals surface area contributed by atoms with E-state index in [-0.39, 0.29) is 11.9 Å². The summed E-state index contributed by atoms with van der Waals surface area (Å²) in [6, 6.07) is 0.675. The summed E-state index contributed by atoms with van der Waals surface area (Å²) < 4.78 is 4.56. The lowest BCUT2D eigenvalue weighted by Crippen LogP contribution is -2.47. The van der Waals surface area contributed by atoms with E-state index in [0.29, 0.717) is 31.3 Å². The topological polar surface area (TPSA) is 46.6 Å². The third-order valence-electron chi connectivity index (χ3n) is 3.48. The second-order valence-electron chi connectivity index (χ2n) is 4.86. The summed E-state index contributed by atoms with van der Waals surface area (Å²) in [5.74, 6) is -0.0638. The smallest absolute Gasteiger partial charge is 0.305 e. The van der Waals surface area contributed by atoms with Crippen molar-refractivity contribution >= 4 is 11.9 Å². The Kier molecular flexibility index (Phi) is 5.45. The molecule has 1 fully saturated rings. The largest absolute Gasteiger partial charge is 0.469 e. The van der Waals surface area contributed by atoms with Gasteiger partial charge in [0.2, 0.25) is 5.91 Å². The van der Waals surface area contributed by atoms with Crippen LogP contribution in [0.15, 0.2) is 0 Å². The highest BCUT2D eigenvalue weighted by Gasteiger charge is 2.28. The van der Waals surface area contributed by atoms with E-state index < -0.39 is 0 Å². The number of methoxy groups -OCH3 is 1. The molecule has 0 spiro atoms. The van der Waals surface area contributed by atoms with Crippen molar-refractivity contribution in [2.75, 3.05) is 7.11 Å². The molecule has 2 atom stereocenters.